The number of likely N-dealkylation sites (tertiary alicyclic amines) is 2. The number of hydrogen-bond donors (Lipinski definition) is 0. The molecule has 3 atom stereocenters. The van der Waals surface area contributed by atoms with E-state index in [1.54, 1.807) is 0 Å². The number of amides is 2. The van der Waals surface area contributed by atoms with Crippen LogP contribution in [0, 0.1) is 0 Å². The molecule has 2 aromatic rings. The van der Waals surface area contributed by atoms with Gasteiger partial charge in [-0.2, -0.15) is 26.3 Å². The molecule has 15 heteroatoms. The van der Waals surface area contributed by atoms with Crippen LogP contribution in [0.15, 0.2) is 47.4 Å². The van der Waals surface area contributed by atoms with Gasteiger partial charge in [0.05, 0.1) is 10.9 Å². The van der Waals surface area contributed by atoms with Gasteiger partial charge in [0, 0.05) is 30.6 Å². The largest absolute Gasteiger partial charge is 0.435 e. The fourth-order valence-electron chi connectivity index (χ4n) is 6.62. The molecule has 2 aliphatic heterocycles. The predicted molar refractivity (Wildman–Crippen MR) is 136 cm³/mol. The maximum absolute atomic E-state index is 15.0. The number of halogens is 8. The van der Waals surface area contributed by atoms with Crippen molar-refractivity contribution in [3.05, 3.63) is 64.2 Å². The first-order chi connectivity index (χ1) is 19.4. The molecule has 0 bridgehead atoms. The van der Waals surface area contributed by atoms with Gasteiger partial charge < -0.3 is 9.80 Å². The normalized spacial score (nSPS) is 25.0. The van der Waals surface area contributed by atoms with Crippen LogP contribution in [0.2, 0.25) is 5.02 Å². The Kier molecular flexibility index (Phi) is 7.16. The quantitative estimate of drug-likeness (QED) is 0.416. The Morgan fingerprint density at radius 2 is 1.64 bits per heavy atom. The number of likely N-dealkylation sites (N-methyl/N-ethyl adjacent to an activating group) is 1. The minimum absolute atomic E-state index is 0.0602. The second-order valence-electron chi connectivity index (χ2n) is 10.8. The minimum atomic E-state index is -6.34. The number of carbonyl (C=O) groups is 2. The lowest BCUT2D eigenvalue weighted by atomic mass is 9.76. The van der Waals surface area contributed by atoms with Crippen molar-refractivity contribution >= 4 is 33.3 Å². The van der Waals surface area contributed by atoms with Crippen molar-refractivity contribution in [3.8, 4) is 0 Å². The number of carbonyl (C=O) groups excluding carboxylic acids is 2. The van der Waals surface area contributed by atoms with Gasteiger partial charge in [0.1, 0.15) is 10.8 Å². The Morgan fingerprint density at radius 3 is 2.21 bits per heavy atom. The van der Waals surface area contributed by atoms with E-state index in [4.69, 9.17) is 11.6 Å². The summed E-state index contributed by atoms with van der Waals surface area (Å²) in [4.78, 5) is 28.1. The molecule has 5 rings (SSSR count). The Hall–Kier alpha value is -2.87. The van der Waals surface area contributed by atoms with E-state index in [2.05, 4.69) is 0 Å². The van der Waals surface area contributed by atoms with Gasteiger partial charge >= 0.3 is 18.0 Å². The van der Waals surface area contributed by atoms with Crippen LogP contribution in [0.4, 0.5) is 30.7 Å². The summed E-state index contributed by atoms with van der Waals surface area (Å²) in [5.74, 6) is -0.774. The number of hydrogen-bond acceptors (Lipinski definition) is 4. The molecule has 0 radical (unpaired) electrons. The number of alkyl halides is 7. The van der Waals surface area contributed by atoms with E-state index in [1.165, 1.54) is 41.1 Å². The molecular weight excluding hydrogens is 617 g/mol. The summed E-state index contributed by atoms with van der Waals surface area (Å²) in [5.41, 5.74) is -7.72. The maximum atomic E-state index is 15.0. The number of benzene rings is 2. The van der Waals surface area contributed by atoms with E-state index >= 15 is 0 Å². The average Bonchev–Trinajstić information content (AvgIpc) is 3.47. The summed E-state index contributed by atoms with van der Waals surface area (Å²) in [6.45, 7) is -0.110. The topological polar surface area (TPSA) is 74.8 Å². The molecule has 1 aliphatic carbocycles. The third kappa shape index (κ3) is 4.22. The Bertz CT molecular complexity index is 1550. The average molecular weight is 641 g/mol. The van der Waals surface area contributed by atoms with Crippen molar-refractivity contribution < 1.29 is 48.7 Å². The minimum Gasteiger partial charge on any atom is -0.336 e. The van der Waals surface area contributed by atoms with E-state index in [0.29, 0.717) is 12.1 Å². The highest BCUT2D eigenvalue weighted by molar-refractivity contribution is 7.92. The van der Waals surface area contributed by atoms with Crippen molar-refractivity contribution in [3.63, 3.8) is 0 Å². The van der Waals surface area contributed by atoms with E-state index in [9.17, 15) is 48.7 Å². The molecule has 2 fully saturated rings. The van der Waals surface area contributed by atoms with Crippen LogP contribution in [0.1, 0.15) is 42.4 Å². The van der Waals surface area contributed by atoms with Crippen LogP contribution in [0.3, 0.4) is 0 Å². The predicted octanol–water partition coefficient (Wildman–Crippen LogP) is 5.47. The van der Waals surface area contributed by atoms with Gasteiger partial charge in [-0.1, -0.05) is 35.9 Å². The van der Waals surface area contributed by atoms with Gasteiger partial charge in [-0.3, -0.25) is 9.59 Å². The van der Waals surface area contributed by atoms with Gasteiger partial charge in [0.2, 0.25) is 11.8 Å². The van der Waals surface area contributed by atoms with Crippen LogP contribution in [-0.4, -0.2) is 68.1 Å². The van der Waals surface area contributed by atoms with Crippen LogP contribution in [0.5, 0.6) is 0 Å². The van der Waals surface area contributed by atoms with Crippen LogP contribution >= 0.6 is 11.6 Å². The zero-order valence-corrected chi connectivity index (χ0v) is 23.5. The number of nitrogens with zero attached hydrogens (tertiary/aromatic N) is 2. The Labute approximate surface area is 241 Å². The summed E-state index contributed by atoms with van der Waals surface area (Å²) in [5, 5.41) is 0.0602. The van der Waals surface area contributed by atoms with E-state index in [-0.39, 0.29) is 65.6 Å². The highest BCUT2D eigenvalue weighted by Gasteiger charge is 2.74. The van der Waals surface area contributed by atoms with E-state index < -0.39 is 56.2 Å². The fraction of sp³-hybridized carbons (Fsp3) is 0.481. The molecule has 0 N–H and O–H groups in total. The first-order valence-corrected chi connectivity index (χ1v) is 14.8. The molecule has 3 aliphatic rings. The van der Waals surface area contributed by atoms with Gasteiger partial charge in [-0.15, -0.1) is 0 Å². The van der Waals surface area contributed by atoms with Crippen molar-refractivity contribution in [1.29, 1.82) is 0 Å². The van der Waals surface area contributed by atoms with Crippen molar-refractivity contribution in [2.24, 2.45) is 0 Å². The van der Waals surface area contributed by atoms with Crippen LogP contribution in [-0.2, 0) is 36.3 Å². The zero-order valence-electron chi connectivity index (χ0n) is 21.9. The molecule has 0 saturated carbocycles. The molecule has 2 aromatic carbocycles. The summed E-state index contributed by atoms with van der Waals surface area (Å²) in [6, 6.07) is 4.82. The second kappa shape index (κ2) is 9.83. The lowest BCUT2D eigenvalue weighted by Crippen LogP contribution is -2.55. The van der Waals surface area contributed by atoms with E-state index in [1.807, 2.05) is 0 Å². The summed E-state index contributed by atoms with van der Waals surface area (Å²) < 4.78 is 123. The SMILES string of the molecule is CN1C(=O)CC[C@H]1C(=O)N1CCC2(S(=O)(=O)c3cccc(Cl)c3)c3ccc(C(F)(C(F)(F)F)C(F)(F)F)cc3CCC12. The van der Waals surface area contributed by atoms with Gasteiger partial charge in [0.15, 0.2) is 9.84 Å². The van der Waals surface area contributed by atoms with Gasteiger partial charge in [-0.25, -0.2) is 12.8 Å². The van der Waals surface area contributed by atoms with Gasteiger partial charge in [0.25, 0.3) is 0 Å². The number of rotatable bonds is 4. The molecule has 2 unspecified atom stereocenters. The molecule has 228 valence electrons. The molecule has 42 heavy (non-hydrogen) atoms. The monoisotopic (exact) mass is 640 g/mol. The van der Waals surface area contributed by atoms with Crippen molar-refractivity contribution in [2.45, 2.75) is 71.9 Å². The Balaban J connectivity index is 1.69. The Morgan fingerprint density at radius 1 is 0.976 bits per heavy atom. The molecule has 0 spiro atoms. The fourth-order valence-corrected chi connectivity index (χ4v) is 9.29. The van der Waals surface area contributed by atoms with Crippen molar-refractivity contribution in [2.75, 3.05) is 13.6 Å². The first kappa shape index (κ1) is 30.6. The molecular formula is C27H24ClF7N2O4S. The van der Waals surface area contributed by atoms with Crippen LogP contribution < -0.4 is 0 Å². The molecule has 6 nitrogen and oxygen atoms in total. The standard InChI is InChI=1S/C27H24ClF7N2O4S/c1-36-20(8-10-22(36)38)23(39)37-12-11-24(42(40,41)18-4-2-3-17(28)14-18)19-7-6-16(13-15(19)5-9-21(24)37)25(29,26(30,31)32)27(33,34)35/h2-4,6-7,13-14,20-21H,5,8-12H2,1H3/t20-,21?,24?/m0/s1. The maximum Gasteiger partial charge on any atom is 0.435 e. The third-order valence-corrected chi connectivity index (χ3v) is 11.5. The number of aryl methyl sites for hydroxylation is 1. The summed E-state index contributed by atoms with van der Waals surface area (Å²) in [6.07, 6.45) is -13.0. The summed E-state index contributed by atoms with van der Waals surface area (Å²) in [7, 11) is -3.06. The number of fused-ring (bicyclic) bond motifs is 3. The molecule has 2 saturated heterocycles. The summed E-state index contributed by atoms with van der Waals surface area (Å²) >= 11 is 6.06. The second-order valence-corrected chi connectivity index (χ2v) is 13.4. The highest BCUT2D eigenvalue weighted by atomic mass is 35.5. The lowest BCUT2D eigenvalue weighted by molar-refractivity contribution is -0.348. The first-order valence-electron chi connectivity index (χ1n) is 12.9. The molecule has 2 amide bonds. The molecule has 2 heterocycles. The van der Waals surface area contributed by atoms with Crippen molar-refractivity contribution in [1.82, 2.24) is 9.80 Å². The third-order valence-electron chi connectivity index (χ3n) is 8.71. The highest BCUT2D eigenvalue weighted by Crippen LogP contribution is 2.57. The smallest absolute Gasteiger partial charge is 0.336 e. The zero-order chi connectivity index (χ0) is 31.0. The van der Waals surface area contributed by atoms with E-state index in [0.717, 1.165) is 6.07 Å². The van der Waals surface area contributed by atoms with Crippen LogP contribution in [0.25, 0.3) is 0 Å². The molecule has 0 aromatic heterocycles. The lowest BCUT2D eigenvalue weighted by Gasteiger charge is -2.43. The number of sulfone groups is 1. The van der Waals surface area contributed by atoms with Gasteiger partial charge in [-0.05, 0) is 55.0 Å².